The fourth-order valence-corrected chi connectivity index (χ4v) is 2.83. The van der Waals surface area contributed by atoms with E-state index in [0.29, 0.717) is 15.5 Å². The largest absolute Gasteiger partial charge is 0.296 e. The van der Waals surface area contributed by atoms with Crippen molar-refractivity contribution in [2.24, 2.45) is 0 Å². The first-order valence-corrected chi connectivity index (χ1v) is 6.62. The topological polar surface area (TPSA) is 3.24 Å². The predicted molar refractivity (Wildman–Crippen MR) is 68.2 cm³/mol. The second kappa shape index (κ2) is 5.03. The summed E-state index contributed by atoms with van der Waals surface area (Å²) < 4.78 is 13.8. The van der Waals surface area contributed by atoms with Gasteiger partial charge in [0, 0.05) is 17.6 Å². The van der Waals surface area contributed by atoms with Crippen molar-refractivity contribution in [2.45, 2.75) is 32.4 Å². The van der Waals surface area contributed by atoms with Crippen LogP contribution in [-0.4, -0.2) is 17.5 Å². The Hall–Kier alpha value is -0.120. The van der Waals surface area contributed by atoms with Crippen molar-refractivity contribution in [2.75, 3.05) is 6.54 Å². The number of nitrogens with zero attached hydrogens (tertiary/aromatic N) is 1. The summed E-state index contributed by atoms with van der Waals surface area (Å²) in [7, 11) is 0. The molecule has 0 aliphatic carbocycles. The van der Waals surface area contributed by atoms with Gasteiger partial charge in [0.05, 0.1) is 4.47 Å². The zero-order valence-corrected chi connectivity index (χ0v) is 11.5. The van der Waals surface area contributed by atoms with Gasteiger partial charge in [0.15, 0.2) is 0 Å². The van der Waals surface area contributed by atoms with Gasteiger partial charge < -0.3 is 0 Å². The van der Waals surface area contributed by atoms with E-state index in [1.807, 2.05) is 0 Å². The molecule has 0 amide bonds. The van der Waals surface area contributed by atoms with E-state index in [4.69, 9.17) is 11.6 Å². The number of benzene rings is 1. The van der Waals surface area contributed by atoms with Crippen LogP contribution in [-0.2, 0) is 6.54 Å². The summed E-state index contributed by atoms with van der Waals surface area (Å²) in [5.41, 5.74) is 0.871. The smallest absolute Gasteiger partial charge is 0.137 e. The Kier molecular flexibility index (Phi) is 3.88. The summed E-state index contributed by atoms with van der Waals surface area (Å²) >= 11 is 9.24. The maximum Gasteiger partial charge on any atom is 0.137 e. The van der Waals surface area contributed by atoms with E-state index < -0.39 is 0 Å². The standard InChI is InChI=1S/C12H14BrClFN/c1-8-3-2-4-16(8)7-9-5-12(15)10(13)6-11(9)14/h5-6,8H,2-4,7H2,1H3. The molecule has 0 spiro atoms. The molecule has 0 radical (unpaired) electrons. The van der Waals surface area contributed by atoms with Crippen molar-refractivity contribution in [1.29, 1.82) is 0 Å². The molecule has 1 saturated heterocycles. The average Bonchev–Trinajstić information content (AvgIpc) is 2.61. The number of likely N-dealkylation sites (tertiary alicyclic amines) is 1. The van der Waals surface area contributed by atoms with Gasteiger partial charge in [0.25, 0.3) is 0 Å². The fraction of sp³-hybridized carbons (Fsp3) is 0.500. The molecule has 1 unspecified atom stereocenters. The van der Waals surface area contributed by atoms with Gasteiger partial charge in [0.1, 0.15) is 5.82 Å². The van der Waals surface area contributed by atoms with Crippen LogP contribution in [0.5, 0.6) is 0 Å². The summed E-state index contributed by atoms with van der Waals surface area (Å²) in [4.78, 5) is 2.34. The summed E-state index contributed by atoms with van der Waals surface area (Å²) in [6.07, 6.45) is 2.44. The average molecular weight is 307 g/mol. The lowest BCUT2D eigenvalue weighted by molar-refractivity contribution is 0.260. The van der Waals surface area contributed by atoms with Crippen molar-refractivity contribution in [1.82, 2.24) is 4.90 Å². The number of hydrogen-bond acceptors (Lipinski definition) is 1. The minimum absolute atomic E-state index is 0.244. The minimum atomic E-state index is -0.244. The van der Waals surface area contributed by atoms with Crippen LogP contribution in [0.1, 0.15) is 25.3 Å². The lowest BCUT2D eigenvalue weighted by atomic mass is 10.2. The van der Waals surface area contributed by atoms with Crippen molar-refractivity contribution < 1.29 is 4.39 Å². The van der Waals surface area contributed by atoms with E-state index in [2.05, 4.69) is 27.8 Å². The van der Waals surface area contributed by atoms with E-state index in [1.54, 1.807) is 6.07 Å². The molecule has 0 N–H and O–H groups in total. The van der Waals surface area contributed by atoms with Gasteiger partial charge in [-0.05, 0) is 59.9 Å². The van der Waals surface area contributed by atoms with Crippen LogP contribution in [0.2, 0.25) is 5.02 Å². The lowest BCUT2D eigenvalue weighted by Crippen LogP contribution is -2.26. The highest BCUT2D eigenvalue weighted by Crippen LogP contribution is 2.27. The third-order valence-corrected chi connectivity index (χ3v) is 4.11. The van der Waals surface area contributed by atoms with Gasteiger partial charge in [-0.15, -0.1) is 0 Å². The first-order valence-electron chi connectivity index (χ1n) is 5.45. The van der Waals surface area contributed by atoms with E-state index >= 15 is 0 Å². The second-order valence-electron chi connectivity index (χ2n) is 4.32. The van der Waals surface area contributed by atoms with Crippen LogP contribution in [0.15, 0.2) is 16.6 Å². The summed E-state index contributed by atoms with van der Waals surface area (Å²) in [5.74, 6) is -0.244. The molecule has 1 heterocycles. The van der Waals surface area contributed by atoms with Crippen molar-refractivity contribution in [3.8, 4) is 0 Å². The van der Waals surface area contributed by atoms with Gasteiger partial charge >= 0.3 is 0 Å². The van der Waals surface area contributed by atoms with Gasteiger partial charge in [-0.25, -0.2) is 4.39 Å². The monoisotopic (exact) mass is 305 g/mol. The summed E-state index contributed by atoms with van der Waals surface area (Å²) in [5, 5.41) is 0.632. The number of rotatable bonds is 2. The SMILES string of the molecule is CC1CCCN1Cc1cc(F)c(Br)cc1Cl. The Morgan fingerprint density at radius 3 is 2.94 bits per heavy atom. The van der Waals surface area contributed by atoms with Gasteiger partial charge in [-0.1, -0.05) is 11.6 Å². The first-order chi connectivity index (χ1) is 7.58. The second-order valence-corrected chi connectivity index (χ2v) is 5.58. The molecule has 0 bridgehead atoms. The maximum atomic E-state index is 13.4. The molecule has 1 atom stereocenters. The Morgan fingerprint density at radius 1 is 1.56 bits per heavy atom. The van der Waals surface area contributed by atoms with Crippen LogP contribution in [0.25, 0.3) is 0 Å². The normalized spacial score (nSPS) is 21.6. The quantitative estimate of drug-likeness (QED) is 0.739. The molecule has 16 heavy (non-hydrogen) atoms. The zero-order valence-electron chi connectivity index (χ0n) is 9.14. The third-order valence-electron chi connectivity index (χ3n) is 3.15. The van der Waals surface area contributed by atoms with Gasteiger partial charge in [0.2, 0.25) is 0 Å². The molecule has 1 aromatic rings. The van der Waals surface area contributed by atoms with Crippen LogP contribution in [0.4, 0.5) is 4.39 Å². The molecule has 1 fully saturated rings. The highest BCUT2D eigenvalue weighted by atomic mass is 79.9. The summed E-state index contributed by atoms with van der Waals surface area (Å²) in [6.45, 7) is 4.02. The maximum absolute atomic E-state index is 13.4. The Balaban J connectivity index is 2.18. The number of halogens is 3. The molecule has 0 aromatic heterocycles. The van der Waals surface area contributed by atoms with Crippen LogP contribution >= 0.6 is 27.5 Å². The van der Waals surface area contributed by atoms with Crippen LogP contribution in [0.3, 0.4) is 0 Å². The van der Waals surface area contributed by atoms with Crippen molar-refractivity contribution in [3.63, 3.8) is 0 Å². The Labute approximate surface area is 109 Å². The molecule has 1 aromatic carbocycles. The van der Waals surface area contributed by atoms with E-state index in [1.165, 1.54) is 18.9 Å². The van der Waals surface area contributed by atoms with Crippen molar-refractivity contribution >= 4 is 27.5 Å². The Morgan fingerprint density at radius 2 is 2.31 bits per heavy atom. The molecular weight excluding hydrogens is 292 g/mol. The van der Waals surface area contributed by atoms with E-state index in [9.17, 15) is 4.39 Å². The molecular formula is C12H14BrClFN. The van der Waals surface area contributed by atoms with Crippen molar-refractivity contribution in [3.05, 3.63) is 33.0 Å². The van der Waals surface area contributed by atoms with Crippen LogP contribution in [0, 0.1) is 5.82 Å². The highest BCUT2D eigenvalue weighted by Gasteiger charge is 2.21. The Bertz CT molecular complexity index is 397. The number of hydrogen-bond donors (Lipinski definition) is 0. The lowest BCUT2D eigenvalue weighted by Gasteiger charge is -2.21. The molecule has 1 nitrogen and oxygen atoms in total. The zero-order chi connectivity index (χ0) is 11.7. The van der Waals surface area contributed by atoms with E-state index in [0.717, 1.165) is 18.7 Å². The fourth-order valence-electron chi connectivity index (χ4n) is 2.13. The highest BCUT2D eigenvalue weighted by molar-refractivity contribution is 9.10. The summed E-state index contributed by atoms with van der Waals surface area (Å²) in [6, 6.07) is 3.73. The molecule has 88 valence electrons. The van der Waals surface area contributed by atoms with Gasteiger partial charge in [-0.2, -0.15) is 0 Å². The van der Waals surface area contributed by atoms with E-state index in [-0.39, 0.29) is 5.82 Å². The molecule has 1 aliphatic heterocycles. The molecule has 2 rings (SSSR count). The first kappa shape index (κ1) is 12.3. The minimum Gasteiger partial charge on any atom is -0.296 e. The molecule has 1 aliphatic rings. The van der Waals surface area contributed by atoms with Crippen LogP contribution < -0.4 is 0 Å². The van der Waals surface area contributed by atoms with Gasteiger partial charge in [-0.3, -0.25) is 4.90 Å². The third kappa shape index (κ3) is 2.58. The molecule has 4 heteroatoms. The predicted octanol–water partition coefficient (Wildman–Crippen LogP) is 4.23. The molecule has 0 saturated carbocycles.